The minimum atomic E-state index is -0.540. The van der Waals surface area contributed by atoms with Crippen molar-refractivity contribution in [2.45, 2.75) is 57.5 Å². The molecule has 1 heterocycles. The van der Waals surface area contributed by atoms with Crippen molar-refractivity contribution in [2.24, 2.45) is 0 Å². The molecule has 1 fully saturated rings. The van der Waals surface area contributed by atoms with Gasteiger partial charge in [-0.05, 0) is 25.0 Å². The first-order valence-corrected chi connectivity index (χ1v) is 8.43. The van der Waals surface area contributed by atoms with Gasteiger partial charge in [0.25, 0.3) is 0 Å². The molecule has 2 heteroatoms. The maximum atomic E-state index is 6.30. The van der Waals surface area contributed by atoms with Crippen LogP contribution >= 0.6 is 0 Å². The van der Waals surface area contributed by atoms with Crippen LogP contribution in [0.1, 0.15) is 50.7 Å². The lowest BCUT2D eigenvalue weighted by molar-refractivity contribution is -0.149. The Bertz CT molecular complexity index is 565. The first kappa shape index (κ1) is 16.2. The monoisotopic (exact) mass is 310 g/mol. The molecule has 0 unspecified atom stereocenters. The predicted molar refractivity (Wildman–Crippen MR) is 93.5 cm³/mol. The van der Waals surface area contributed by atoms with E-state index in [9.17, 15) is 0 Å². The summed E-state index contributed by atoms with van der Waals surface area (Å²) in [5, 5.41) is 0. The smallest absolute Gasteiger partial charge is 0.163 e. The molecule has 0 N–H and O–H groups in total. The Balaban J connectivity index is 1.88. The van der Waals surface area contributed by atoms with Gasteiger partial charge in [-0.2, -0.15) is 0 Å². The standard InChI is InChI=1S/C21H26O2/c1-15(17-11-7-5-8-12-17)19-20(23-21(3,4)22-19)16(2)18-13-9-6-10-14-18/h5-16,19-20H,1-4H3/t15-,16+,19-,20+. The summed E-state index contributed by atoms with van der Waals surface area (Å²) in [6.45, 7) is 8.48. The fourth-order valence-electron chi connectivity index (χ4n) is 3.48. The second-order valence-corrected chi connectivity index (χ2v) is 6.96. The van der Waals surface area contributed by atoms with Gasteiger partial charge in [-0.3, -0.25) is 0 Å². The Morgan fingerprint density at radius 1 is 0.696 bits per heavy atom. The van der Waals surface area contributed by atoms with Gasteiger partial charge in [-0.1, -0.05) is 74.5 Å². The van der Waals surface area contributed by atoms with E-state index in [1.54, 1.807) is 0 Å². The van der Waals surface area contributed by atoms with Gasteiger partial charge < -0.3 is 9.47 Å². The maximum Gasteiger partial charge on any atom is 0.163 e. The van der Waals surface area contributed by atoms with Crippen LogP contribution in [0.25, 0.3) is 0 Å². The summed E-state index contributed by atoms with van der Waals surface area (Å²) in [7, 11) is 0. The molecule has 0 spiro atoms. The number of benzene rings is 2. The van der Waals surface area contributed by atoms with E-state index < -0.39 is 5.79 Å². The van der Waals surface area contributed by atoms with Crippen LogP contribution in [0.3, 0.4) is 0 Å². The number of hydrogen-bond acceptors (Lipinski definition) is 2. The molecule has 1 aliphatic rings. The van der Waals surface area contributed by atoms with Crippen LogP contribution in [-0.2, 0) is 9.47 Å². The minimum absolute atomic E-state index is 0.0441. The number of ether oxygens (including phenoxy) is 2. The second-order valence-electron chi connectivity index (χ2n) is 6.96. The van der Waals surface area contributed by atoms with E-state index in [1.165, 1.54) is 11.1 Å². The molecule has 2 aromatic rings. The van der Waals surface area contributed by atoms with Crippen molar-refractivity contribution in [3.05, 3.63) is 71.8 Å². The van der Waals surface area contributed by atoms with E-state index in [0.29, 0.717) is 0 Å². The van der Waals surface area contributed by atoms with E-state index in [0.717, 1.165) is 0 Å². The zero-order valence-electron chi connectivity index (χ0n) is 14.4. The van der Waals surface area contributed by atoms with Gasteiger partial charge in [-0.25, -0.2) is 0 Å². The van der Waals surface area contributed by atoms with Crippen molar-refractivity contribution in [1.29, 1.82) is 0 Å². The third-order valence-electron chi connectivity index (χ3n) is 4.80. The van der Waals surface area contributed by atoms with Gasteiger partial charge in [0, 0.05) is 11.8 Å². The predicted octanol–water partition coefficient (Wildman–Crippen LogP) is 5.11. The first-order valence-electron chi connectivity index (χ1n) is 8.43. The Morgan fingerprint density at radius 3 is 1.39 bits per heavy atom. The molecular weight excluding hydrogens is 284 g/mol. The number of rotatable bonds is 4. The molecule has 0 saturated carbocycles. The van der Waals surface area contributed by atoms with Crippen molar-refractivity contribution in [2.75, 3.05) is 0 Å². The van der Waals surface area contributed by atoms with Gasteiger partial charge >= 0.3 is 0 Å². The normalized spacial score (nSPS) is 25.9. The third kappa shape index (κ3) is 3.49. The maximum absolute atomic E-state index is 6.30. The highest BCUT2D eigenvalue weighted by Crippen LogP contribution is 2.41. The quantitative estimate of drug-likeness (QED) is 0.781. The lowest BCUT2D eigenvalue weighted by Crippen LogP contribution is -2.32. The fourth-order valence-corrected chi connectivity index (χ4v) is 3.48. The molecule has 122 valence electrons. The van der Waals surface area contributed by atoms with Crippen molar-refractivity contribution in [3.63, 3.8) is 0 Å². The van der Waals surface area contributed by atoms with Gasteiger partial charge in [0.1, 0.15) is 0 Å². The van der Waals surface area contributed by atoms with Gasteiger partial charge in [0.15, 0.2) is 5.79 Å². The SMILES string of the molecule is C[C@H](c1ccccc1)[C@H]1OC(C)(C)O[C@H]1[C@@H](C)c1ccccc1. The molecule has 0 bridgehead atoms. The van der Waals surface area contributed by atoms with Crippen molar-refractivity contribution in [3.8, 4) is 0 Å². The molecule has 4 atom stereocenters. The Labute approximate surface area is 139 Å². The van der Waals surface area contributed by atoms with Crippen LogP contribution < -0.4 is 0 Å². The van der Waals surface area contributed by atoms with Crippen LogP contribution in [0, 0.1) is 0 Å². The van der Waals surface area contributed by atoms with Crippen LogP contribution in [0.15, 0.2) is 60.7 Å². The van der Waals surface area contributed by atoms with Crippen LogP contribution in [-0.4, -0.2) is 18.0 Å². The van der Waals surface area contributed by atoms with Gasteiger partial charge in [0.05, 0.1) is 12.2 Å². The topological polar surface area (TPSA) is 18.5 Å². The molecule has 1 saturated heterocycles. The minimum Gasteiger partial charge on any atom is -0.344 e. The summed E-state index contributed by atoms with van der Waals surface area (Å²) in [5.41, 5.74) is 2.59. The van der Waals surface area contributed by atoms with E-state index in [2.05, 4.69) is 74.5 Å². The summed E-state index contributed by atoms with van der Waals surface area (Å²) in [6.07, 6.45) is 0.0882. The highest BCUT2D eigenvalue weighted by Gasteiger charge is 2.46. The summed E-state index contributed by atoms with van der Waals surface area (Å²) in [6, 6.07) is 21.1. The zero-order valence-corrected chi connectivity index (χ0v) is 14.4. The fraction of sp³-hybridized carbons (Fsp3) is 0.429. The average molecular weight is 310 g/mol. The molecule has 23 heavy (non-hydrogen) atoms. The van der Waals surface area contributed by atoms with E-state index in [1.807, 2.05) is 13.8 Å². The third-order valence-corrected chi connectivity index (χ3v) is 4.80. The van der Waals surface area contributed by atoms with Crippen LogP contribution in [0.5, 0.6) is 0 Å². The lowest BCUT2D eigenvalue weighted by Gasteiger charge is -2.28. The summed E-state index contributed by atoms with van der Waals surface area (Å²) < 4.78 is 12.6. The molecule has 2 aromatic carbocycles. The highest BCUT2D eigenvalue weighted by molar-refractivity contribution is 5.24. The first-order chi connectivity index (χ1) is 11.0. The number of hydrogen-bond donors (Lipinski definition) is 0. The highest BCUT2D eigenvalue weighted by atomic mass is 16.8. The van der Waals surface area contributed by atoms with Gasteiger partial charge in [0.2, 0.25) is 0 Å². The molecule has 0 aromatic heterocycles. The van der Waals surface area contributed by atoms with E-state index in [4.69, 9.17) is 9.47 Å². The van der Waals surface area contributed by atoms with Crippen molar-refractivity contribution < 1.29 is 9.47 Å². The van der Waals surface area contributed by atoms with Crippen LogP contribution in [0.2, 0.25) is 0 Å². The lowest BCUT2D eigenvalue weighted by atomic mass is 9.84. The Hall–Kier alpha value is -1.64. The molecule has 2 nitrogen and oxygen atoms in total. The van der Waals surface area contributed by atoms with E-state index >= 15 is 0 Å². The van der Waals surface area contributed by atoms with Gasteiger partial charge in [-0.15, -0.1) is 0 Å². The van der Waals surface area contributed by atoms with Crippen LogP contribution in [0.4, 0.5) is 0 Å². The largest absolute Gasteiger partial charge is 0.344 e. The van der Waals surface area contributed by atoms with Crippen molar-refractivity contribution in [1.82, 2.24) is 0 Å². The molecule has 1 aliphatic heterocycles. The molecule has 0 amide bonds. The second kappa shape index (κ2) is 6.46. The van der Waals surface area contributed by atoms with E-state index in [-0.39, 0.29) is 24.0 Å². The summed E-state index contributed by atoms with van der Waals surface area (Å²) in [5.74, 6) is 0.0322. The zero-order chi connectivity index (χ0) is 16.4. The summed E-state index contributed by atoms with van der Waals surface area (Å²) >= 11 is 0. The molecule has 0 radical (unpaired) electrons. The van der Waals surface area contributed by atoms with Crippen molar-refractivity contribution >= 4 is 0 Å². The summed E-state index contributed by atoms with van der Waals surface area (Å²) in [4.78, 5) is 0. The molecular formula is C21H26O2. The average Bonchev–Trinajstić information content (AvgIpc) is 2.91. The Morgan fingerprint density at radius 2 is 1.04 bits per heavy atom. The Kier molecular flexibility index (Phi) is 4.56. The molecule has 3 rings (SSSR count). The molecule has 0 aliphatic carbocycles.